The molecule has 1 unspecified atom stereocenters. The number of urea groups is 1. The Bertz CT molecular complexity index is 601. The summed E-state index contributed by atoms with van der Waals surface area (Å²) >= 11 is 3.28. The first-order valence-electron chi connectivity index (χ1n) is 6.91. The molecule has 1 aromatic carbocycles. The zero-order valence-corrected chi connectivity index (χ0v) is 14.2. The molecule has 23 heavy (non-hydrogen) atoms. The van der Waals surface area contributed by atoms with Crippen LogP contribution in [0.15, 0.2) is 28.7 Å². The lowest BCUT2D eigenvalue weighted by atomic mass is 10.0. The molecule has 8 heteroatoms. The van der Waals surface area contributed by atoms with E-state index in [0.29, 0.717) is 5.69 Å². The quantitative estimate of drug-likeness (QED) is 0.633. The molecule has 124 valence electrons. The number of carbonyl (C=O) groups excluding carboxylic acids is 4. The second kappa shape index (κ2) is 9.04. The fourth-order valence-corrected chi connectivity index (χ4v) is 2.04. The normalized spacial score (nSPS) is 11.4. The number of Topliss-reactive ketones (excluding diaryl/α,β-unsaturated/α-hetero) is 2. The molecule has 3 amide bonds. The molecule has 0 saturated heterocycles. The Hall–Kier alpha value is -2.22. The Kier molecular flexibility index (Phi) is 7.40. The van der Waals surface area contributed by atoms with Crippen LogP contribution in [0.2, 0.25) is 0 Å². The number of hydrogen-bond donors (Lipinski definition) is 3. The predicted octanol–water partition coefficient (Wildman–Crippen LogP) is 1.75. The van der Waals surface area contributed by atoms with Crippen molar-refractivity contribution < 1.29 is 19.2 Å². The molecular formula is C15H18BrN3O4. The number of ketones is 2. The van der Waals surface area contributed by atoms with Gasteiger partial charge in [0.2, 0.25) is 5.91 Å². The number of anilines is 1. The molecule has 0 spiro atoms. The van der Waals surface area contributed by atoms with E-state index in [1.807, 2.05) is 0 Å². The van der Waals surface area contributed by atoms with Crippen molar-refractivity contribution in [3.8, 4) is 0 Å². The van der Waals surface area contributed by atoms with E-state index in [-0.39, 0.29) is 25.0 Å². The zero-order chi connectivity index (χ0) is 17.4. The van der Waals surface area contributed by atoms with Gasteiger partial charge in [0.1, 0.15) is 5.78 Å². The smallest absolute Gasteiger partial charge is 0.319 e. The minimum absolute atomic E-state index is 0.0498. The lowest BCUT2D eigenvalue weighted by molar-refractivity contribution is -0.126. The van der Waals surface area contributed by atoms with Gasteiger partial charge in [-0.15, -0.1) is 0 Å². The first-order valence-corrected chi connectivity index (χ1v) is 7.70. The molecule has 1 rings (SSSR count). The topological polar surface area (TPSA) is 118 Å². The standard InChI is InChI=1S/C15H18BrN3O4/c1-9(20)2-7-13(21)12(8-14(17)22)19-15(23)18-11-5-3-10(16)4-6-11/h3-6,12H,2,7-8H2,1H3,(H2,17,22)(H2,18,19,23). The van der Waals surface area contributed by atoms with Crippen molar-refractivity contribution >= 4 is 45.1 Å². The summed E-state index contributed by atoms with van der Waals surface area (Å²) in [6.45, 7) is 1.37. The van der Waals surface area contributed by atoms with Crippen molar-refractivity contribution in [1.82, 2.24) is 5.32 Å². The van der Waals surface area contributed by atoms with Gasteiger partial charge in [0.25, 0.3) is 0 Å². The van der Waals surface area contributed by atoms with Gasteiger partial charge in [0.15, 0.2) is 5.78 Å². The number of carbonyl (C=O) groups is 4. The highest BCUT2D eigenvalue weighted by molar-refractivity contribution is 9.10. The molecule has 0 heterocycles. The van der Waals surface area contributed by atoms with E-state index in [0.717, 1.165) is 4.47 Å². The van der Waals surface area contributed by atoms with Crippen LogP contribution >= 0.6 is 15.9 Å². The van der Waals surface area contributed by atoms with Gasteiger partial charge in [-0.25, -0.2) is 4.79 Å². The summed E-state index contributed by atoms with van der Waals surface area (Å²) in [5.41, 5.74) is 5.62. The lowest BCUT2D eigenvalue weighted by Crippen LogP contribution is -2.45. The fraction of sp³-hybridized carbons (Fsp3) is 0.333. The van der Waals surface area contributed by atoms with Crippen molar-refractivity contribution in [3.63, 3.8) is 0 Å². The summed E-state index contributed by atoms with van der Waals surface area (Å²) < 4.78 is 0.856. The van der Waals surface area contributed by atoms with Gasteiger partial charge in [0.05, 0.1) is 12.5 Å². The molecule has 7 nitrogen and oxygen atoms in total. The molecule has 0 aliphatic rings. The van der Waals surface area contributed by atoms with Crippen molar-refractivity contribution in [2.75, 3.05) is 5.32 Å². The van der Waals surface area contributed by atoms with Crippen LogP contribution in [0.3, 0.4) is 0 Å². The molecule has 0 bridgehead atoms. The number of halogens is 1. The third-order valence-corrected chi connectivity index (χ3v) is 3.45. The lowest BCUT2D eigenvalue weighted by Gasteiger charge is -2.16. The van der Waals surface area contributed by atoms with E-state index in [4.69, 9.17) is 5.73 Å². The molecule has 0 aliphatic heterocycles. The zero-order valence-electron chi connectivity index (χ0n) is 12.6. The van der Waals surface area contributed by atoms with Gasteiger partial charge >= 0.3 is 6.03 Å². The van der Waals surface area contributed by atoms with Gasteiger partial charge in [-0.05, 0) is 31.2 Å². The van der Waals surface area contributed by atoms with Crippen LogP contribution in [0, 0.1) is 0 Å². The van der Waals surface area contributed by atoms with Crippen molar-refractivity contribution in [1.29, 1.82) is 0 Å². The maximum atomic E-state index is 12.0. The first kappa shape index (κ1) is 18.8. The minimum Gasteiger partial charge on any atom is -0.370 e. The minimum atomic E-state index is -1.05. The number of rotatable bonds is 8. The largest absolute Gasteiger partial charge is 0.370 e. The Balaban J connectivity index is 2.65. The van der Waals surface area contributed by atoms with E-state index in [1.165, 1.54) is 6.92 Å². The fourth-order valence-electron chi connectivity index (χ4n) is 1.78. The summed E-state index contributed by atoms with van der Waals surface area (Å²) in [5, 5.41) is 4.96. The first-order chi connectivity index (χ1) is 10.8. The van der Waals surface area contributed by atoms with E-state index in [9.17, 15) is 19.2 Å². The molecule has 0 saturated carbocycles. The number of nitrogens with one attached hydrogen (secondary N) is 2. The molecule has 0 fully saturated rings. The number of benzene rings is 1. The van der Waals surface area contributed by atoms with Crippen molar-refractivity contribution in [3.05, 3.63) is 28.7 Å². The monoisotopic (exact) mass is 383 g/mol. The Morgan fingerprint density at radius 2 is 1.74 bits per heavy atom. The third-order valence-electron chi connectivity index (χ3n) is 2.92. The molecule has 4 N–H and O–H groups in total. The van der Waals surface area contributed by atoms with Crippen LogP contribution in [0.25, 0.3) is 0 Å². The highest BCUT2D eigenvalue weighted by Gasteiger charge is 2.22. The summed E-state index contributed by atoms with van der Waals surface area (Å²) in [6.07, 6.45) is -0.305. The van der Waals surface area contributed by atoms with Crippen molar-refractivity contribution in [2.45, 2.75) is 32.2 Å². The van der Waals surface area contributed by atoms with Gasteiger partial charge in [0, 0.05) is 23.0 Å². The second-order valence-electron chi connectivity index (χ2n) is 5.00. The van der Waals surface area contributed by atoms with E-state index >= 15 is 0 Å². The van der Waals surface area contributed by atoms with E-state index in [1.54, 1.807) is 24.3 Å². The average molecular weight is 384 g/mol. The molecular weight excluding hydrogens is 366 g/mol. The summed E-state index contributed by atoms with van der Waals surface area (Å²) in [7, 11) is 0. The third kappa shape index (κ3) is 7.55. The van der Waals surface area contributed by atoms with Gasteiger partial charge in [-0.3, -0.25) is 9.59 Å². The van der Waals surface area contributed by atoms with Crippen LogP contribution < -0.4 is 16.4 Å². The SMILES string of the molecule is CC(=O)CCC(=O)C(CC(N)=O)NC(=O)Nc1ccc(Br)cc1. The Morgan fingerprint density at radius 3 is 2.26 bits per heavy atom. The predicted molar refractivity (Wildman–Crippen MR) is 88.8 cm³/mol. The number of nitrogens with two attached hydrogens (primary N) is 1. The number of primary amides is 1. The molecule has 1 aromatic rings. The number of hydrogen-bond acceptors (Lipinski definition) is 4. The summed E-state index contributed by atoms with van der Waals surface area (Å²) in [6, 6.07) is 5.15. The molecule has 0 aliphatic carbocycles. The summed E-state index contributed by atoms with van der Waals surface area (Å²) in [5.74, 6) is -1.27. The number of amides is 3. The highest BCUT2D eigenvalue weighted by atomic mass is 79.9. The maximum Gasteiger partial charge on any atom is 0.319 e. The van der Waals surface area contributed by atoms with E-state index in [2.05, 4.69) is 26.6 Å². The molecule has 0 radical (unpaired) electrons. The average Bonchev–Trinajstić information content (AvgIpc) is 2.46. The van der Waals surface area contributed by atoms with Crippen LogP contribution in [0.5, 0.6) is 0 Å². The van der Waals surface area contributed by atoms with Crippen LogP contribution in [-0.2, 0) is 14.4 Å². The maximum absolute atomic E-state index is 12.0. The molecule has 1 atom stereocenters. The molecule has 0 aromatic heterocycles. The van der Waals surface area contributed by atoms with Crippen molar-refractivity contribution in [2.24, 2.45) is 5.73 Å². The van der Waals surface area contributed by atoms with Gasteiger partial charge in [-0.2, -0.15) is 0 Å². The van der Waals surface area contributed by atoms with Crippen LogP contribution in [0.4, 0.5) is 10.5 Å². The second-order valence-corrected chi connectivity index (χ2v) is 5.91. The Morgan fingerprint density at radius 1 is 1.13 bits per heavy atom. The van der Waals surface area contributed by atoms with Crippen LogP contribution in [0.1, 0.15) is 26.2 Å². The Labute approximate surface area is 142 Å². The van der Waals surface area contributed by atoms with E-state index < -0.39 is 23.8 Å². The summed E-state index contributed by atoms with van der Waals surface area (Å²) in [4.78, 5) is 45.9. The van der Waals surface area contributed by atoms with Gasteiger partial charge < -0.3 is 21.2 Å². The highest BCUT2D eigenvalue weighted by Crippen LogP contribution is 2.14. The van der Waals surface area contributed by atoms with Gasteiger partial charge in [-0.1, -0.05) is 15.9 Å². The van der Waals surface area contributed by atoms with Crippen LogP contribution in [-0.4, -0.2) is 29.5 Å².